The summed E-state index contributed by atoms with van der Waals surface area (Å²) in [6.07, 6.45) is 0. The molecule has 0 saturated heterocycles. The van der Waals surface area contributed by atoms with Crippen LogP contribution in [0.1, 0.15) is 23.9 Å². The highest BCUT2D eigenvalue weighted by Crippen LogP contribution is 2.13. The maximum Gasteiger partial charge on any atom is 0.158 e. The van der Waals surface area contributed by atoms with Gasteiger partial charge in [0.1, 0.15) is 17.6 Å². The van der Waals surface area contributed by atoms with Gasteiger partial charge in [-0.3, -0.25) is 0 Å². The van der Waals surface area contributed by atoms with Gasteiger partial charge in [-0.1, -0.05) is 41.4 Å². The number of halogens is 1. The number of rotatable bonds is 6. The maximum atomic E-state index is 5.98. The van der Waals surface area contributed by atoms with Gasteiger partial charge in [0, 0.05) is 19.2 Å². The molecule has 0 aliphatic heterocycles. The smallest absolute Gasteiger partial charge is 0.158 e. The van der Waals surface area contributed by atoms with E-state index >= 15 is 0 Å². The van der Waals surface area contributed by atoms with E-state index in [9.17, 15) is 0 Å². The zero-order valence-corrected chi connectivity index (χ0v) is 12.4. The van der Waals surface area contributed by atoms with E-state index in [-0.39, 0.29) is 0 Å². The van der Waals surface area contributed by atoms with Crippen LogP contribution in [0.4, 0.5) is 5.82 Å². The monoisotopic (exact) mass is 291 g/mol. The summed E-state index contributed by atoms with van der Waals surface area (Å²) >= 11 is 5.98. The Labute approximate surface area is 124 Å². The largest absolute Gasteiger partial charge is 0.374 e. The number of hydrogen-bond donors (Lipinski definition) is 1. The first-order valence-corrected chi connectivity index (χ1v) is 6.96. The van der Waals surface area contributed by atoms with Crippen LogP contribution in [-0.2, 0) is 17.9 Å². The van der Waals surface area contributed by atoms with E-state index in [1.165, 1.54) is 11.1 Å². The molecule has 20 heavy (non-hydrogen) atoms. The van der Waals surface area contributed by atoms with Crippen LogP contribution in [0.25, 0.3) is 0 Å². The molecular weight excluding hydrogens is 274 g/mol. The summed E-state index contributed by atoms with van der Waals surface area (Å²) in [4.78, 5) is 8.50. The number of nitrogens with one attached hydrogen (secondary N) is 1. The summed E-state index contributed by atoms with van der Waals surface area (Å²) < 4.78 is 5.29. The Morgan fingerprint density at radius 1 is 1.20 bits per heavy atom. The van der Waals surface area contributed by atoms with Crippen LogP contribution in [0.3, 0.4) is 0 Å². The first-order valence-electron chi connectivity index (χ1n) is 6.58. The third-order valence-electron chi connectivity index (χ3n) is 2.77. The van der Waals surface area contributed by atoms with Gasteiger partial charge < -0.3 is 10.1 Å². The molecule has 0 fully saturated rings. The molecular formula is C15H18ClN3O. The van der Waals surface area contributed by atoms with Gasteiger partial charge in [0.05, 0.1) is 0 Å². The lowest BCUT2D eigenvalue weighted by molar-refractivity contribution is 0.128. The van der Waals surface area contributed by atoms with Crippen molar-refractivity contribution < 1.29 is 4.74 Å². The van der Waals surface area contributed by atoms with Crippen LogP contribution < -0.4 is 5.32 Å². The van der Waals surface area contributed by atoms with E-state index < -0.39 is 0 Å². The fraction of sp³-hybridized carbons (Fsp3) is 0.333. The van der Waals surface area contributed by atoms with Crippen LogP contribution >= 0.6 is 11.6 Å². The van der Waals surface area contributed by atoms with Crippen LogP contribution in [0.5, 0.6) is 0 Å². The van der Waals surface area contributed by atoms with Crippen molar-refractivity contribution in [3.63, 3.8) is 0 Å². The third kappa shape index (κ3) is 4.47. The number of ether oxygens (including phenoxy) is 1. The minimum Gasteiger partial charge on any atom is -0.374 e. The Kier molecular flexibility index (Phi) is 5.32. The fourth-order valence-electron chi connectivity index (χ4n) is 1.71. The number of anilines is 1. The molecule has 0 aliphatic rings. The number of nitrogens with zero attached hydrogens (tertiary/aromatic N) is 2. The summed E-state index contributed by atoms with van der Waals surface area (Å²) in [5.74, 6) is 1.30. The molecule has 0 radical (unpaired) electrons. The highest BCUT2D eigenvalue weighted by molar-refractivity contribution is 6.29. The Morgan fingerprint density at radius 2 is 1.95 bits per heavy atom. The molecule has 5 heteroatoms. The van der Waals surface area contributed by atoms with Gasteiger partial charge in [0.15, 0.2) is 5.82 Å². The highest BCUT2D eigenvalue weighted by Gasteiger charge is 2.03. The number of aryl methyl sites for hydroxylation is 1. The Balaban J connectivity index is 2.01. The van der Waals surface area contributed by atoms with Crippen LogP contribution in [0.15, 0.2) is 30.3 Å². The van der Waals surface area contributed by atoms with Gasteiger partial charge in [0.25, 0.3) is 0 Å². The van der Waals surface area contributed by atoms with E-state index in [0.717, 1.165) is 0 Å². The summed E-state index contributed by atoms with van der Waals surface area (Å²) in [6, 6.07) is 10.1. The van der Waals surface area contributed by atoms with E-state index in [0.29, 0.717) is 36.6 Å². The van der Waals surface area contributed by atoms with Crippen molar-refractivity contribution in [3.8, 4) is 0 Å². The molecule has 1 aromatic carbocycles. The topological polar surface area (TPSA) is 47.0 Å². The molecule has 0 amide bonds. The molecule has 2 rings (SSSR count). The molecule has 0 saturated carbocycles. The molecule has 0 atom stereocenters. The zero-order chi connectivity index (χ0) is 14.4. The number of hydrogen-bond acceptors (Lipinski definition) is 4. The number of aromatic nitrogens is 2. The van der Waals surface area contributed by atoms with Gasteiger partial charge in [-0.05, 0) is 19.4 Å². The second-order valence-corrected chi connectivity index (χ2v) is 4.86. The third-order valence-corrected chi connectivity index (χ3v) is 2.96. The molecule has 0 aliphatic carbocycles. The van der Waals surface area contributed by atoms with Crippen molar-refractivity contribution in [1.29, 1.82) is 0 Å². The van der Waals surface area contributed by atoms with E-state index in [1.54, 1.807) is 6.07 Å². The lowest BCUT2D eigenvalue weighted by Gasteiger charge is -2.08. The van der Waals surface area contributed by atoms with Gasteiger partial charge >= 0.3 is 0 Å². The van der Waals surface area contributed by atoms with Crippen molar-refractivity contribution in [2.75, 3.05) is 11.9 Å². The molecule has 2 aromatic rings. The Bertz CT molecular complexity index is 558. The quantitative estimate of drug-likeness (QED) is 0.826. The molecule has 106 valence electrons. The second-order valence-electron chi connectivity index (χ2n) is 4.47. The van der Waals surface area contributed by atoms with Crippen molar-refractivity contribution in [2.24, 2.45) is 0 Å². The Hall–Kier alpha value is -1.65. The van der Waals surface area contributed by atoms with E-state index in [1.807, 2.05) is 6.92 Å². The molecule has 1 aromatic heterocycles. The minimum atomic E-state index is 0.371. The van der Waals surface area contributed by atoms with Gasteiger partial charge in [-0.2, -0.15) is 0 Å². The van der Waals surface area contributed by atoms with Gasteiger partial charge in [0.2, 0.25) is 0 Å². The van der Waals surface area contributed by atoms with Crippen LogP contribution in [0, 0.1) is 6.92 Å². The Morgan fingerprint density at radius 3 is 2.65 bits per heavy atom. The summed E-state index contributed by atoms with van der Waals surface area (Å²) in [5, 5.41) is 3.66. The van der Waals surface area contributed by atoms with Crippen molar-refractivity contribution in [1.82, 2.24) is 9.97 Å². The van der Waals surface area contributed by atoms with Crippen molar-refractivity contribution >= 4 is 17.4 Å². The first-order chi connectivity index (χ1) is 9.67. The molecule has 0 unspecified atom stereocenters. The fourth-order valence-corrected chi connectivity index (χ4v) is 1.91. The average Bonchev–Trinajstić information content (AvgIpc) is 2.44. The standard InChI is InChI=1S/C15H18ClN3O/c1-3-20-10-15-18-13(16)8-14(19-15)17-9-12-6-4-11(2)5-7-12/h4-8H,3,9-10H2,1-2H3,(H,17,18,19). The molecule has 4 nitrogen and oxygen atoms in total. The maximum absolute atomic E-state index is 5.98. The summed E-state index contributed by atoms with van der Waals surface area (Å²) in [7, 11) is 0. The molecule has 0 bridgehead atoms. The first kappa shape index (κ1) is 14.8. The predicted molar refractivity (Wildman–Crippen MR) is 80.9 cm³/mol. The lowest BCUT2D eigenvalue weighted by atomic mass is 10.1. The van der Waals surface area contributed by atoms with Crippen LogP contribution in [-0.4, -0.2) is 16.6 Å². The van der Waals surface area contributed by atoms with Gasteiger partial charge in [-0.25, -0.2) is 9.97 Å². The minimum absolute atomic E-state index is 0.371. The normalized spacial score (nSPS) is 10.6. The summed E-state index contributed by atoms with van der Waals surface area (Å²) in [5.41, 5.74) is 2.44. The second kappa shape index (κ2) is 7.22. The highest BCUT2D eigenvalue weighted by atomic mass is 35.5. The molecule has 1 heterocycles. The molecule has 1 N–H and O–H groups in total. The average molecular weight is 292 g/mol. The van der Waals surface area contributed by atoms with E-state index in [2.05, 4.69) is 46.5 Å². The predicted octanol–water partition coefficient (Wildman–Crippen LogP) is 3.59. The van der Waals surface area contributed by atoms with E-state index in [4.69, 9.17) is 16.3 Å². The van der Waals surface area contributed by atoms with Crippen molar-refractivity contribution in [3.05, 3.63) is 52.4 Å². The van der Waals surface area contributed by atoms with Gasteiger partial charge in [-0.15, -0.1) is 0 Å². The zero-order valence-electron chi connectivity index (χ0n) is 11.7. The van der Waals surface area contributed by atoms with Crippen molar-refractivity contribution in [2.45, 2.75) is 27.0 Å². The number of benzene rings is 1. The van der Waals surface area contributed by atoms with Crippen LogP contribution in [0.2, 0.25) is 5.15 Å². The summed E-state index contributed by atoms with van der Waals surface area (Å²) in [6.45, 7) is 5.70. The SMILES string of the molecule is CCOCc1nc(Cl)cc(NCc2ccc(C)cc2)n1. The lowest BCUT2D eigenvalue weighted by Crippen LogP contribution is -2.06. The molecule has 0 spiro atoms.